The van der Waals surface area contributed by atoms with Crippen molar-refractivity contribution < 1.29 is 27.5 Å². The number of methoxy groups -OCH3 is 1. The van der Waals surface area contributed by atoms with Gasteiger partial charge in [-0.15, -0.1) is 0 Å². The van der Waals surface area contributed by atoms with Gasteiger partial charge in [0, 0.05) is 39.5 Å². The van der Waals surface area contributed by atoms with Gasteiger partial charge in [-0.3, -0.25) is 9.69 Å². The summed E-state index contributed by atoms with van der Waals surface area (Å²) in [6.45, 7) is 8.95. The van der Waals surface area contributed by atoms with E-state index in [0.29, 0.717) is 58.2 Å². The van der Waals surface area contributed by atoms with Gasteiger partial charge in [-0.2, -0.15) is 0 Å². The molecule has 0 saturated heterocycles. The maximum Gasteiger partial charge on any atom is 0.515 e. The molecule has 1 rings (SSSR count). The van der Waals surface area contributed by atoms with Crippen LogP contribution in [-0.2, 0) is 27.5 Å². The average Bonchev–Trinajstić information content (AvgIpc) is 2.67. The summed E-state index contributed by atoms with van der Waals surface area (Å²) in [4.78, 5) is 14.4. The van der Waals surface area contributed by atoms with E-state index in [2.05, 4.69) is 4.90 Å². The standard InChI is InChI=1S/C19H39NO6Si/c1-5-24-27(25-6-2,26-7-3)17-20(18-11-9-8-10-12-18)14-13-19(21)23-16-15-22-4/h18H,5-17H2,1-4H3. The molecular formula is C19H39NO6Si. The van der Waals surface area contributed by atoms with E-state index in [9.17, 15) is 4.79 Å². The number of rotatable bonds is 15. The molecule has 1 aliphatic rings. The summed E-state index contributed by atoms with van der Waals surface area (Å²) in [6.07, 6.45) is 7.01. The molecule has 160 valence electrons. The molecule has 1 aliphatic carbocycles. The largest absolute Gasteiger partial charge is 0.515 e. The summed E-state index contributed by atoms with van der Waals surface area (Å²) in [6, 6.07) is 0.443. The first-order valence-corrected chi connectivity index (χ1v) is 12.3. The molecule has 0 aliphatic heterocycles. The van der Waals surface area contributed by atoms with Crippen LogP contribution in [0.3, 0.4) is 0 Å². The van der Waals surface area contributed by atoms with E-state index >= 15 is 0 Å². The number of carbonyl (C=O) groups is 1. The topological polar surface area (TPSA) is 66.5 Å². The van der Waals surface area contributed by atoms with Gasteiger partial charge in [-0.05, 0) is 33.6 Å². The minimum Gasteiger partial charge on any atom is -0.463 e. The van der Waals surface area contributed by atoms with Crippen LogP contribution >= 0.6 is 0 Å². The van der Waals surface area contributed by atoms with Gasteiger partial charge < -0.3 is 22.8 Å². The maximum absolute atomic E-state index is 12.1. The predicted octanol–water partition coefficient (Wildman–Crippen LogP) is 2.79. The quantitative estimate of drug-likeness (QED) is 0.236. The number of hydrogen-bond donors (Lipinski definition) is 0. The molecule has 1 fully saturated rings. The van der Waals surface area contributed by atoms with Crippen LogP contribution in [-0.4, -0.2) is 78.6 Å². The van der Waals surface area contributed by atoms with Crippen LogP contribution in [0.15, 0.2) is 0 Å². The highest BCUT2D eigenvalue weighted by molar-refractivity contribution is 6.60. The van der Waals surface area contributed by atoms with Crippen LogP contribution in [0.2, 0.25) is 0 Å². The Bertz CT molecular complexity index is 375. The fraction of sp³-hybridized carbons (Fsp3) is 0.947. The Labute approximate surface area is 166 Å². The second-order valence-electron chi connectivity index (χ2n) is 6.71. The molecule has 0 aromatic carbocycles. The molecule has 27 heavy (non-hydrogen) atoms. The molecule has 7 nitrogen and oxygen atoms in total. The van der Waals surface area contributed by atoms with E-state index in [-0.39, 0.29) is 5.97 Å². The third-order valence-corrected chi connectivity index (χ3v) is 7.71. The first-order valence-electron chi connectivity index (χ1n) is 10.4. The van der Waals surface area contributed by atoms with E-state index < -0.39 is 8.80 Å². The van der Waals surface area contributed by atoms with E-state index in [1.54, 1.807) is 7.11 Å². The van der Waals surface area contributed by atoms with Gasteiger partial charge in [0.15, 0.2) is 0 Å². The predicted molar refractivity (Wildman–Crippen MR) is 107 cm³/mol. The van der Waals surface area contributed by atoms with Crippen molar-refractivity contribution in [2.75, 3.05) is 52.9 Å². The summed E-state index contributed by atoms with van der Waals surface area (Å²) in [7, 11) is -1.20. The number of carbonyl (C=O) groups excluding carboxylic acids is 1. The minimum absolute atomic E-state index is 0.190. The Morgan fingerprint density at radius 3 is 2.07 bits per heavy atom. The van der Waals surface area contributed by atoms with E-state index in [1.807, 2.05) is 20.8 Å². The van der Waals surface area contributed by atoms with Crippen LogP contribution < -0.4 is 0 Å². The monoisotopic (exact) mass is 405 g/mol. The summed E-state index contributed by atoms with van der Waals surface area (Å²) < 4.78 is 28.3. The SMILES string of the molecule is CCO[Si](CN(CCC(=O)OCCOC)C1CCCCC1)(OCC)OCC. The highest BCUT2D eigenvalue weighted by Gasteiger charge is 2.44. The summed E-state index contributed by atoms with van der Waals surface area (Å²) in [5, 5.41) is 0. The molecule has 0 spiro atoms. The molecule has 0 heterocycles. The normalized spacial score (nSPS) is 16.0. The Hall–Kier alpha value is -0.513. The molecule has 0 bridgehead atoms. The molecule has 0 atom stereocenters. The summed E-state index contributed by atoms with van der Waals surface area (Å²) in [5.41, 5.74) is 0. The van der Waals surface area contributed by atoms with Gasteiger partial charge >= 0.3 is 14.8 Å². The lowest BCUT2D eigenvalue weighted by molar-refractivity contribution is -0.145. The molecular weight excluding hydrogens is 366 g/mol. The molecule has 0 aromatic heterocycles. The lowest BCUT2D eigenvalue weighted by atomic mass is 9.94. The summed E-state index contributed by atoms with van der Waals surface area (Å²) in [5.74, 6) is -0.190. The number of ether oxygens (including phenoxy) is 2. The van der Waals surface area contributed by atoms with Crippen molar-refractivity contribution in [2.45, 2.75) is 65.3 Å². The molecule has 0 aromatic rings. The smallest absolute Gasteiger partial charge is 0.463 e. The Balaban J connectivity index is 2.77. The van der Waals surface area contributed by atoms with Crippen LogP contribution in [0.25, 0.3) is 0 Å². The zero-order chi connectivity index (χ0) is 20.0. The maximum atomic E-state index is 12.1. The van der Waals surface area contributed by atoms with Crippen molar-refractivity contribution >= 4 is 14.8 Å². The lowest BCUT2D eigenvalue weighted by Gasteiger charge is -2.39. The van der Waals surface area contributed by atoms with Crippen molar-refractivity contribution in [1.29, 1.82) is 0 Å². The van der Waals surface area contributed by atoms with E-state index in [4.69, 9.17) is 22.8 Å². The lowest BCUT2D eigenvalue weighted by Crippen LogP contribution is -2.58. The van der Waals surface area contributed by atoms with E-state index in [0.717, 1.165) is 12.8 Å². The van der Waals surface area contributed by atoms with Gasteiger partial charge in [0.05, 0.1) is 19.2 Å². The van der Waals surface area contributed by atoms with Gasteiger partial charge in [-0.1, -0.05) is 19.3 Å². The third kappa shape index (κ3) is 9.49. The second-order valence-corrected chi connectivity index (χ2v) is 9.26. The fourth-order valence-corrected chi connectivity index (χ4v) is 6.31. The van der Waals surface area contributed by atoms with Gasteiger partial charge in [-0.25, -0.2) is 0 Å². The van der Waals surface area contributed by atoms with Crippen molar-refractivity contribution in [3.63, 3.8) is 0 Å². The Morgan fingerprint density at radius 2 is 1.56 bits per heavy atom. The van der Waals surface area contributed by atoms with Gasteiger partial charge in [0.2, 0.25) is 0 Å². The first kappa shape index (κ1) is 24.5. The van der Waals surface area contributed by atoms with Crippen LogP contribution in [0.4, 0.5) is 0 Å². The average molecular weight is 406 g/mol. The van der Waals surface area contributed by atoms with Gasteiger partial charge in [0.25, 0.3) is 0 Å². The van der Waals surface area contributed by atoms with Gasteiger partial charge in [0.1, 0.15) is 6.61 Å². The fourth-order valence-electron chi connectivity index (χ4n) is 3.55. The zero-order valence-electron chi connectivity index (χ0n) is 17.7. The zero-order valence-corrected chi connectivity index (χ0v) is 18.7. The molecule has 0 unspecified atom stereocenters. The van der Waals surface area contributed by atoms with Crippen molar-refractivity contribution in [3.05, 3.63) is 0 Å². The molecule has 0 radical (unpaired) electrons. The minimum atomic E-state index is -2.79. The van der Waals surface area contributed by atoms with Crippen molar-refractivity contribution in [3.8, 4) is 0 Å². The van der Waals surface area contributed by atoms with Crippen LogP contribution in [0.1, 0.15) is 59.3 Å². The molecule has 0 N–H and O–H groups in total. The van der Waals surface area contributed by atoms with E-state index in [1.165, 1.54) is 19.3 Å². The third-order valence-electron chi connectivity index (χ3n) is 4.73. The number of nitrogens with zero attached hydrogens (tertiary/aromatic N) is 1. The number of esters is 1. The summed E-state index contributed by atoms with van der Waals surface area (Å²) >= 11 is 0. The highest BCUT2D eigenvalue weighted by Crippen LogP contribution is 2.25. The van der Waals surface area contributed by atoms with Crippen molar-refractivity contribution in [2.24, 2.45) is 0 Å². The van der Waals surface area contributed by atoms with Crippen LogP contribution in [0, 0.1) is 0 Å². The molecule has 8 heteroatoms. The molecule has 1 saturated carbocycles. The van der Waals surface area contributed by atoms with Crippen LogP contribution in [0.5, 0.6) is 0 Å². The Morgan fingerprint density at radius 1 is 0.963 bits per heavy atom. The molecule has 0 amide bonds. The Kier molecular flexibility index (Phi) is 13.2. The number of hydrogen-bond acceptors (Lipinski definition) is 7. The first-order chi connectivity index (χ1) is 13.1. The highest BCUT2D eigenvalue weighted by atomic mass is 28.4. The van der Waals surface area contributed by atoms with Crippen molar-refractivity contribution in [1.82, 2.24) is 4.90 Å². The second kappa shape index (κ2) is 14.5.